The zero-order valence-corrected chi connectivity index (χ0v) is 13.7. The second-order valence-electron chi connectivity index (χ2n) is 5.53. The first kappa shape index (κ1) is 17.0. The standard InChI is InChI=1S/C19H23NO3/c1-4-14-5-7-16(8-6-14)19(22)20-13(2)18(21)15-9-11-17(23-3)12-10-15/h5-13,18,21H,4H2,1-3H3,(H,20,22). The Hall–Kier alpha value is -2.33. The lowest BCUT2D eigenvalue weighted by atomic mass is 10.0. The van der Waals surface area contributed by atoms with Gasteiger partial charge in [0, 0.05) is 5.56 Å². The molecule has 2 rings (SSSR count). The zero-order valence-electron chi connectivity index (χ0n) is 13.7. The fourth-order valence-electron chi connectivity index (χ4n) is 2.35. The highest BCUT2D eigenvalue weighted by atomic mass is 16.5. The van der Waals surface area contributed by atoms with E-state index in [4.69, 9.17) is 4.74 Å². The summed E-state index contributed by atoms with van der Waals surface area (Å²) in [6.45, 7) is 3.86. The molecule has 2 atom stereocenters. The molecule has 0 heterocycles. The van der Waals surface area contributed by atoms with Gasteiger partial charge in [-0.05, 0) is 48.7 Å². The number of rotatable bonds is 6. The van der Waals surface area contributed by atoms with E-state index in [0.717, 1.165) is 17.7 Å². The van der Waals surface area contributed by atoms with Gasteiger partial charge in [-0.1, -0.05) is 31.2 Å². The molecule has 0 saturated heterocycles. The fourth-order valence-corrected chi connectivity index (χ4v) is 2.35. The van der Waals surface area contributed by atoms with E-state index in [-0.39, 0.29) is 5.91 Å². The Bertz CT molecular complexity index is 635. The Kier molecular flexibility index (Phi) is 5.77. The predicted molar refractivity (Wildman–Crippen MR) is 90.7 cm³/mol. The summed E-state index contributed by atoms with van der Waals surface area (Å²) in [6, 6.07) is 14.3. The summed E-state index contributed by atoms with van der Waals surface area (Å²) in [5.41, 5.74) is 2.52. The van der Waals surface area contributed by atoms with Crippen molar-refractivity contribution in [3.8, 4) is 5.75 Å². The van der Waals surface area contributed by atoms with Crippen molar-refractivity contribution in [2.24, 2.45) is 0 Å². The molecular formula is C19H23NO3. The number of hydrogen-bond donors (Lipinski definition) is 2. The van der Waals surface area contributed by atoms with Crippen LogP contribution in [0.25, 0.3) is 0 Å². The number of aliphatic hydroxyl groups excluding tert-OH is 1. The molecule has 2 N–H and O–H groups in total. The monoisotopic (exact) mass is 313 g/mol. The van der Waals surface area contributed by atoms with E-state index in [9.17, 15) is 9.90 Å². The van der Waals surface area contributed by atoms with Crippen molar-refractivity contribution in [1.29, 1.82) is 0 Å². The van der Waals surface area contributed by atoms with Crippen molar-refractivity contribution in [3.05, 3.63) is 65.2 Å². The minimum atomic E-state index is -0.778. The largest absolute Gasteiger partial charge is 0.497 e. The van der Waals surface area contributed by atoms with Crippen LogP contribution >= 0.6 is 0 Å². The van der Waals surface area contributed by atoms with Gasteiger partial charge in [-0.2, -0.15) is 0 Å². The van der Waals surface area contributed by atoms with Crippen molar-refractivity contribution in [2.45, 2.75) is 32.4 Å². The first-order valence-corrected chi connectivity index (χ1v) is 7.77. The van der Waals surface area contributed by atoms with Crippen LogP contribution in [-0.4, -0.2) is 24.2 Å². The third kappa shape index (κ3) is 4.33. The summed E-state index contributed by atoms with van der Waals surface area (Å²) in [6.07, 6.45) is 0.161. The third-order valence-corrected chi connectivity index (χ3v) is 3.91. The van der Waals surface area contributed by atoms with Gasteiger partial charge < -0.3 is 15.2 Å². The van der Waals surface area contributed by atoms with Crippen LogP contribution in [0, 0.1) is 0 Å². The Balaban J connectivity index is 2.01. The molecule has 0 fully saturated rings. The Morgan fingerprint density at radius 3 is 2.26 bits per heavy atom. The lowest BCUT2D eigenvalue weighted by Crippen LogP contribution is -2.37. The topological polar surface area (TPSA) is 58.6 Å². The van der Waals surface area contributed by atoms with Gasteiger partial charge in [0.1, 0.15) is 5.75 Å². The summed E-state index contributed by atoms with van der Waals surface area (Å²) in [5, 5.41) is 13.2. The molecule has 2 aromatic rings. The Morgan fingerprint density at radius 2 is 1.74 bits per heavy atom. The number of aryl methyl sites for hydroxylation is 1. The highest BCUT2D eigenvalue weighted by Gasteiger charge is 2.19. The Morgan fingerprint density at radius 1 is 1.13 bits per heavy atom. The maximum absolute atomic E-state index is 12.2. The van der Waals surface area contributed by atoms with Gasteiger partial charge >= 0.3 is 0 Å². The SMILES string of the molecule is CCc1ccc(C(=O)NC(C)C(O)c2ccc(OC)cc2)cc1. The molecule has 0 spiro atoms. The molecule has 122 valence electrons. The molecule has 0 aliphatic rings. The normalized spacial score (nSPS) is 13.2. The van der Waals surface area contributed by atoms with E-state index in [1.165, 1.54) is 5.56 Å². The van der Waals surface area contributed by atoms with Gasteiger partial charge in [-0.15, -0.1) is 0 Å². The van der Waals surface area contributed by atoms with Crippen molar-refractivity contribution >= 4 is 5.91 Å². The molecule has 0 aliphatic heterocycles. The molecule has 0 bridgehead atoms. The molecule has 23 heavy (non-hydrogen) atoms. The lowest BCUT2D eigenvalue weighted by Gasteiger charge is -2.21. The van der Waals surface area contributed by atoms with E-state index >= 15 is 0 Å². The van der Waals surface area contributed by atoms with Gasteiger partial charge in [0.2, 0.25) is 0 Å². The first-order valence-electron chi connectivity index (χ1n) is 7.77. The maximum atomic E-state index is 12.2. The molecule has 0 aromatic heterocycles. The number of benzene rings is 2. The molecule has 4 heteroatoms. The van der Waals surface area contributed by atoms with E-state index in [2.05, 4.69) is 12.2 Å². The first-order chi connectivity index (χ1) is 11.0. The van der Waals surface area contributed by atoms with Crippen LogP contribution in [-0.2, 0) is 6.42 Å². The van der Waals surface area contributed by atoms with Crippen LogP contribution < -0.4 is 10.1 Å². The zero-order chi connectivity index (χ0) is 16.8. The third-order valence-electron chi connectivity index (χ3n) is 3.91. The van der Waals surface area contributed by atoms with E-state index in [0.29, 0.717) is 5.56 Å². The van der Waals surface area contributed by atoms with E-state index in [1.54, 1.807) is 50.4 Å². The predicted octanol–water partition coefficient (Wildman–Crippen LogP) is 3.11. The minimum Gasteiger partial charge on any atom is -0.497 e. The number of aliphatic hydroxyl groups is 1. The van der Waals surface area contributed by atoms with Gasteiger partial charge in [0.05, 0.1) is 19.3 Å². The van der Waals surface area contributed by atoms with Gasteiger partial charge in [-0.3, -0.25) is 4.79 Å². The van der Waals surface area contributed by atoms with Crippen molar-refractivity contribution in [3.63, 3.8) is 0 Å². The number of hydrogen-bond acceptors (Lipinski definition) is 3. The Labute approximate surface area is 137 Å². The number of nitrogens with one attached hydrogen (secondary N) is 1. The fraction of sp³-hybridized carbons (Fsp3) is 0.316. The van der Waals surface area contributed by atoms with E-state index < -0.39 is 12.1 Å². The van der Waals surface area contributed by atoms with Gasteiger partial charge in [-0.25, -0.2) is 0 Å². The van der Waals surface area contributed by atoms with Crippen LogP contribution in [0.2, 0.25) is 0 Å². The van der Waals surface area contributed by atoms with Crippen LogP contribution in [0.15, 0.2) is 48.5 Å². The minimum absolute atomic E-state index is 0.187. The van der Waals surface area contributed by atoms with Gasteiger partial charge in [0.25, 0.3) is 5.91 Å². The summed E-state index contributed by atoms with van der Waals surface area (Å²) >= 11 is 0. The molecule has 4 nitrogen and oxygen atoms in total. The highest BCUT2D eigenvalue weighted by molar-refractivity contribution is 5.94. The van der Waals surface area contributed by atoms with Crippen LogP contribution in [0.4, 0.5) is 0 Å². The molecular weight excluding hydrogens is 290 g/mol. The number of amides is 1. The second-order valence-corrected chi connectivity index (χ2v) is 5.53. The molecule has 2 unspecified atom stereocenters. The number of ether oxygens (including phenoxy) is 1. The molecule has 1 amide bonds. The summed E-state index contributed by atoms with van der Waals surface area (Å²) in [4.78, 5) is 12.2. The molecule has 2 aromatic carbocycles. The quantitative estimate of drug-likeness (QED) is 0.861. The van der Waals surface area contributed by atoms with Crippen LogP contribution in [0.5, 0.6) is 5.75 Å². The molecule has 0 aliphatic carbocycles. The molecule has 0 radical (unpaired) electrons. The van der Waals surface area contributed by atoms with Crippen LogP contribution in [0.3, 0.4) is 0 Å². The van der Waals surface area contributed by atoms with Crippen LogP contribution in [0.1, 0.15) is 41.4 Å². The number of carbonyl (C=O) groups is 1. The average Bonchev–Trinajstić information content (AvgIpc) is 2.61. The summed E-state index contributed by atoms with van der Waals surface area (Å²) in [5.74, 6) is 0.543. The van der Waals surface area contributed by atoms with Crippen molar-refractivity contribution in [2.75, 3.05) is 7.11 Å². The van der Waals surface area contributed by atoms with Crippen molar-refractivity contribution < 1.29 is 14.6 Å². The smallest absolute Gasteiger partial charge is 0.251 e. The summed E-state index contributed by atoms with van der Waals surface area (Å²) in [7, 11) is 1.60. The van der Waals surface area contributed by atoms with Gasteiger partial charge in [0.15, 0.2) is 0 Å². The summed E-state index contributed by atoms with van der Waals surface area (Å²) < 4.78 is 5.10. The lowest BCUT2D eigenvalue weighted by molar-refractivity contribution is 0.0852. The van der Waals surface area contributed by atoms with Crippen molar-refractivity contribution in [1.82, 2.24) is 5.32 Å². The second kappa shape index (κ2) is 7.79. The van der Waals surface area contributed by atoms with E-state index in [1.807, 2.05) is 12.1 Å². The highest BCUT2D eigenvalue weighted by Crippen LogP contribution is 2.20. The molecule has 0 saturated carbocycles. The number of carbonyl (C=O) groups excluding carboxylic acids is 1. The number of methoxy groups -OCH3 is 1. The average molecular weight is 313 g/mol. The maximum Gasteiger partial charge on any atom is 0.251 e.